The molecular weight excluding hydrogens is 322 g/mol. The minimum absolute atomic E-state index is 0.159. The summed E-state index contributed by atoms with van der Waals surface area (Å²) in [6.07, 6.45) is 1.71. The lowest BCUT2D eigenvalue weighted by Crippen LogP contribution is -2.30. The van der Waals surface area contributed by atoms with Crippen LogP contribution in [-0.2, 0) is 4.79 Å². The Labute approximate surface area is 137 Å². The van der Waals surface area contributed by atoms with Gasteiger partial charge in [0, 0.05) is 31.2 Å². The number of halogens is 1. The van der Waals surface area contributed by atoms with Crippen molar-refractivity contribution in [2.24, 2.45) is 0 Å². The number of rotatable bonds is 4. The van der Waals surface area contributed by atoms with Crippen LogP contribution in [0.3, 0.4) is 0 Å². The van der Waals surface area contributed by atoms with Crippen LogP contribution >= 0.6 is 22.9 Å². The highest BCUT2D eigenvalue weighted by atomic mass is 35.5. The Morgan fingerprint density at radius 1 is 1.41 bits per heavy atom. The van der Waals surface area contributed by atoms with E-state index in [9.17, 15) is 9.59 Å². The third kappa shape index (κ3) is 3.64. The first-order valence-electron chi connectivity index (χ1n) is 6.64. The van der Waals surface area contributed by atoms with Crippen molar-refractivity contribution >= 4 is 40.4 Å². The fourth-order valence-electron chi connectivity index (χ4n) is 1.94. The third-order valence-electron chi connectivity index (χ3n) is 3.23. The van der Waals surface area contributed by atoms with Crippen LogP contribution in [0.15, 0.2) is 29.8 Å². The van der Waals surface area contributed by atoms with Gasteiger partial charge in [0.05, 0.1) is 16.6 Å². The van der Waals surface area contributed by atoms with Gasteiger partial charge in [-0.2, -0.15) is 0 Å². The maximum atomic E-state index is 12.6. The van der Waals surface area contributed by atoms with Crippen LogP contribution in [0.1, 0.15) is 35.3 Å². The van der Waals surface area contributed by atoms with Gasteiger partial charge in [-0.3, -0.25) is 9.59 Å². The van der Waals surface area contributed by atoms with Crippen LogP contribution in [-0.4, -0.2) is 28.7 Å². The molecule has 1 aromatic heterocycles. The number of hydrogen-bond donors (Lipinski definition) is 1. The fourth-order valence-corrected chi connectivity index (χ4v) is 2.88. The second kappa shape index (κ2) is 6.89. The monoisotopic (exact) mass is 337 g/mol. The fraction of sp³-hybridized carbons (Fsp3) is 0.267. The van der Waals surface area contributed by atoms with Gasteiger partial charge < -0.3 is 10.2 Å². The minimum Gasteiger partial charge on any atom is -0.332 e. The molecule has 0 aliphatic heterocycles. The summed E-state index contributed by atoms with van der Waals surface area (Å²) in [6, 6.07) is 4.68. The Hall–Kier alpha value is -1.92. The van der Waals surface area contributed by atoms with Crippen LogP contribution in [0.5, 0.6) is 0 Å². The molecule has 0 saturated carbocycles. The topological polar surface area (TPSA) is 62.3 Å². The van der Waals surface area contributed by atoms with Crippen LogP contribution in [0.4, 0.5) is 5.69 Å². The number of carbonyl (C=O) groups is 2. The van der Waals surface area contributed by atoms with Crippen LogP contribution in [0.25, 0.3) is 0 Å². The maximum Gasteiger partial charge on any atom is 0.255 e. The molecular formula is C15H16ClN3O2S. The summed E-state index contributed by atoms with van der Waals surface area (Å²) >= 11 is 7.62. The number of benzene rings is 1. The first-order chi connectivity index (χ1) is 10.4. The van der Waals surface area contributed by atoms with E-state index >= 15 is 0 Å². The summed E-state index contributed by atoms with van der Waals surface area (Å²) in [7, 11) is 1.70. The number of nitrogens with zero attached hydrogens (tertiary/aromatic N) is 2. The first-order valence-corrected chi connectivity index (χ1v) is 7.89. The van der Waals surface area contributed by atoms with Gasteiger partial charge in [0.15, 0.2) is 0 Å². The van der Waals surface area contributed by atoms with E-state index in [2.05, 4.69) is 10.3 Å². The number of hydrogen-bond acceptors (Lipinski definition) is 4. The van der Waals surface area contributed by atoms with E-state index < -0.39 is 0 Å². The van der Waals surface area contributed by atoms with Gasteiger partial charge in [0.2, 0.25) is 5.91 Å². The van der Waals surface area contributed by atoms with Gasteiger partial charge >= 0.3 is 0 Å². The summed E-state index contributed by atoms with van der Waals surface area (Å²) in [4.78, 5) is 29.6. The van der Waals surface area contributed by atoms with E-state index in [0.717, 1.165) is 5.01 Å². The lowest BCUT2D eigenvalue weighted by atomic mass is 10.1. The summed E-state index contributed by atoms with van der Waals surface area (Å²) in [6.45, 7) is 3.31. The summed E-state index contributed by atoms with van der Waals surface area (Å²) in [5.74, 6) is -0.426. The van der Waals surface area contributed by atoms with Gasteiger partial charge in [0.1, 0.15) is 5.01 Å². The van der Waals surface area contributed by atoms with E-state index in [1.807, 2.05) is 12.3 Å². The molecule has 0 radical (unpaired) electrons. The number of carbonyl (C=O) groups excluding carboxylic acids is 2. The standard InChI is InChI=1S/C15H16ClN3O2S/c1-9(14-17-6-7-22-14)19(3)15(21)12-8-11(18-10(2)20)4-5-13(12)16/h4-9H,1-3H3,(H,18,20)/t9-/m1/s1. The second-order valence-electron chi connectivity index (χ2n) is 4.84. The summed E-state index contributed by atoms with van der Waals surface area (Å²) < 4.78 is 0. The lowest BCUT2D eigenvalue weighted by Gasteiger charge is -2.24. The lowest BCUT2D eigenvalue weighted by molar-refractivity contribution is -0.114. The normalized spacial score (nSPS) is 11.8. The highest BCUT2D eigenvalue weighted by Crippen LogP contribution is 2.26. The number of aromatic nitrogens is 1. The van der Waals surface area contributed by atoms with Crippen molar-refractivity contribution in [3.05, 3.63) is 45.4 Å². The van der Waals surface area contributed by atoms with Crippen molar-refractivity contribution in [3.63, 3.8) is 0 Å². The van der Waals surface area contributed by atoms with E-state index in [1.54, 1.807) is 36.3 Å². The molecule has 2 amide bonds. The Morgan fingerprint density at radius 2 is 2.14 bits per heavy atom. The predicted molar refractivity (Wildman–Crippen MR) is 88.4 cm³/mol. The molecule has 0 aliphatic rings. The molecule has 0 aliphatic carbocycles. The summed E-state index contributed by atoms with van der Waals surface area (Å²) in [5.41, 5.74) is 0.884. The molecule has 0 saturated heterocycles. The highest BCUT2D eigenvalue weighted by molar-refractivity contribution is 7.09. The number of amides is 2. The Balaban J connectivity index is 2.26. The van der Waals surface area contributed by atoms with Crippen molar-refractivity contribution in [2.45, 2.75) is 19.9 Å². The zero-order valence-electron chi connectivity index (χ0n) is 12.5. The smallest absolute Gasteiger partial charge is 0.255 e. The molecule has 2 aromatic rings. The number of anilines is 1. The Bertz CT molecular complexity index is 688. The van der Waals surface area contributed by atoms with E-state index in [0.29, 0.717) is 16.3 Å². The molecule has 0 bridgehead atoms. The first kappa shape index (κ1) is 16.5. The van der Waals surface area contributed by atoms with Crippen molar-refractivity contribution in [1.29, 1.82) is 0 Å². The van der Waals surface area contributed by atoms with Gasteiger partial charge in [0.25, 0.3) is 5.91 Å². The molecule has 1 aromatic carbocycles. The zero-order chi connectivity index (χ0) is 16.3. The van der Waals surface area contributed by atoms with Gasteiger partial charge in [-0.15, -0.1) is 11.3 Å². The van der Waals surface area contributed by atoms with E-state index in [1.165, 1.54) is 18.3 Å². The molecule has 1 N–H and O–H groups in total. The molecule has 0 unspecified atom stereocenters. The van der Waals surface area contributed by atoms with Crippen molar-refractivity contribution in [3.8, 4) is 0 Å². The maximum absolute atomic E-state index is 12.6. The molecule has 5 nitrogen and oxygen atoms in total. The average molecular weight is 338 g/mol. The van der Waals surface area contributed by atoms with Crippen LogP contribution in [0, 0.1) is 0 Å². The Kier molecular flexibility index (Phi) is 5.15. The van der Waals surface area contributed by atoms with E-state index in [-0.39, 0.29) is 17.9 Å². The highest BCUT2D eigenvalue weighted by Gasteiger charge is 2.22. The number of nitrogens with one attached hydrogen (secondary N) is 1. The van der Waals surface area contributed by atoms with Crippen molar-refractivity contribution < 1.29 is 9.59 Å². The molecule has 0 fully saturated rings. The van der Waals surface area contributed by atoms with Crippen LogP contribution < -0.4 is 5.32 Å². The van der Waals surface area contributed by atoms with E-state index in [4.69, 9.17) is 11.6 Å². The predicted octanol–water partition coefficient (Wildman–Crippen LogP) is 3.59. The molecule has 0 spiro atoms. The van der Waals surface area contributed by atoms with Crippen molar-refractivity contribution in [1.82, 2.24) is 9.88 Å². The quantitative estimate of drug-likeness (QED) is 0.927. The average Bonchev–Trinajstić information content (AvgIpc) is 3.00. The minimum atomic E-state index is -0.222. The Morgan fingerprint density at radius 3 is 2.73 bits per heavy atom. The third-order valence-corrected chi connectivity index (χ3v) is 4.50. The molecule has 2 rings (SSSR count). The second-order valence-corrected chi connectivity index (χ2v) is 6.17. The summed E-state index contributed by atoms with van der Waals surface area (Å²) in [5, 5.41) is 5.71. The van der Waals surface area contributed by atoms with Crippen molar-refractivity contribution in [2.75, 3.05) is 12.4 Å². The van der Waals surface area contributed by atoms with Gasteiger partial charge in [-0.25, -0.2) is 4.98 Å². The van der Waals surface area contributed by atoms with Gasteiger partial charge in [-0.05, 0) is 25.1 Å². The zero-order valence-corrected chi connectivity index (χ0v) is 14.0. The SMILES string of the molecule is CC(=O)Nc1ccc(Cl)c(C(=O)N(C)[C@H](C)c2nccs2)c1. The molecule has 1 heterocycles. The van der Waals surface area contributed by atoms with Crippen LogP contribution in [0.2, 0.25) is 5.02 Å². The number of thiazole rings is 1. The molecule has 22 heavy (non-hydrogen) atoms. The molecule has 116 valence electrons. The largest absolute Gasteiger partial charge is 0.332 e. The molecule has 7 heteroatoms. The van der Waals surface area contributed by atoms with Gasteiger partial charge in [-0.1, -0.05) is 11.6 Å². The molecule has 1 atom stereocenters.